The number of fused-ring (bicyclic) bond motifs is 1. The average Bonchev–Trinajstić information content (AvgIpc) is 2.95. The van der Waals surface area contributed by atoms with Gasteiger partial charge < -0.3 is 5.32 Å². The van der Waals surface area contributed by atoms with E-state index in [1.54, 1.807) is 11.3 Å². The molecule has 2 aromatic rings. The molecule has 1 aromatic heterocycles. The van der Waals surface area contributed by atoms with Gasteiger partial charge in [-0.2, -0.15) is 0 Å². The van der Waals surface area contributed by atoms with Gasteiger partial charge in [0.15, 0.2) is 0 Å². The molecule has 0 aliphatic carbocycles. The minimum atomic E-state index is -0.0228. The Morgan fingerprint density at radius 2 is 2.33 bits per heavy atom. The number of carbonyl (C=O) groups is 1. The molecule has 1 aromatic carbocycles. The van der Waals surface area contributed by atoms with Gasteiger partial charge in [-0.05, 0) is 18.6 Å². The molecule has 1 atom stereocenters. The number of aryl methyl sites for hydroxylation is 1. The monoisotopic (exact) mass is 258 g/mol. The zero-order valence-corrected chi connectivity index (χ0v) is 11.0. The molecule has 0 bridgehead atoms. The van der Waals surface area contributed by atoms with Crippen molar-refractivity contribution < 1.29 is 4.79 Å². The lowest BCUT2D eigenvalue weighted by atomic mass is 9.95. The number of thiazole rings is 1. The van der Waals surface area contributed by atoms with Crippen LogP contribution in [0.3, 0.4) is 0 Å². The highest BCUT2D eigenvalue weighted by Crippen LogP contribution is 2.32. The first-order chi connectivity index (χ1) is 8.74. The summed E-state index contributed by atoms with van der Waals surface area (Å²) >= 11 is 1.57. The molecule has 1 aliphatic rings. The highest BCUT2D eigenvalue weighted by molar-refractivity contribution is 7.09. The maximum Gasteiger partial charge on any atom is 0.148 e. The second-order valence-electron chi connectivity index (χ2n) is 4.55. The molecule has 92 valence electrons. The van der Waals surface area contributed by atoms with Gasteiger partial charge in [0, 0.05) is 23.3 Å². The molecule has 0 fully saturated rings. The first-order valence-electron chi connectivity index (χ1n) is 6.00. The van der Waals surface area contributed by atoms with Crippen molar-refractivity contribution in [2.24, 2.45) is 0 Å². The Morgan fingerprint density at radius 3 is 3.11 bits per heavy atom. The number of hydrogen-bond donors (Lipinski definition) is 1. The molecule has 2 heterocycles. The molecule has 3 rings (SSSR count). The van der Waals surface area contributed by atoms with Gasteiger partial charge in [-0.1, -0.05) is 18.2 Å². The fourth-order valence-corrected chi connectivity index (χ4v) is 3.11. The minimum absolute atomic E-state index is 0.0228. The topological polar surface area (TPSA) is 42.0 Å². The molecule has 0 saturated heterocycles. The molecule has 0 amide bonds. The summed E-state index contributed by atoms with van der Waals surface area (Å²) in [6, 6.07) is 8.03. The van der Waals surface area contributed by atoms with Crippen molar-refractivity contribution in [1.82, 2.24) is 4.98 Å². The normalized spacial score (nSPS) is 17.3. The number of aromatic nitrogens is 1. The first kappa shape index (κ1) is 11.4. The third-order valence-corrected chi connectivity index (χ3v) is 4.18. The number of para-hydroxylation sites is 1. The van der Waals surface area contributed by atoms with Crippen LogP contribution in [0, 0.1) is 6.92 Å². The van der Waals surface area contributed by atoms with E-state index in [0.29, 0.717) is 13.0 Å². The van der Waals surface area contributed by atoms with E-state index in [2.05, 4.69) is 10.3 Å². The second-order valence-corrected chi connectivity index (χ2v) is 5.49. The third kappa shape index (κ3) is 2.04. The third-order valence-electron chi connectivity index (χ3n) is 3.21. The zero-order chi connectivity index (χ0) is 12.5. The predicted molar refractivity (Wildman–Crippen MR) is 73.2 cm³/mol. The predicted octanol–water partition coefficient (Wildman–Crippen LogP) is 2.77. The van der Waals surface area contributed by atoms with Crippen LogP contribution in [-0.4, -0.2) is 17.3 Å². The molecule has 1 unspecified atom stereocenters. The van der Waals surface area contributed by atoms with Gasteiger partial charge in [-0.25, -0.2) is 4.98 Å². The quantitative estimate of drug-likeness (QED) is 0.920. The van der Waals surface area contributed by atoms with Crippen LogP contribution in [0.2, 0.25) is 0 Å². The Hall–Kier alpha value is -1.68. The van der Waals surface area contributed by atoms with Crippen molar-refractivity contribution in [3.05, 3.63) is 45.9 Å². The number of hydrogen-bond acceptors (Lipinski definition) is 4. The van der Waals surface area contributed by atoms with Crippen molar-refractivity contribution in [1.29, 1.82) is 0 Å². The molecule has 4 heteroatoms. The number of ketones is 1. The summed E-state index contributed by atoms with van der Waals surface area (Å²) in [5.74, 6) is 0.229. The average molecular weight is 258 g/mol. The van der Waals surface area contributed by atoms with Crippen LogP contribution in [0.15, 0.2) is 29.6 Å². The molecule has 18 heavy (non-hydrogen) atoms. The lowest BCUT2D eigenvalue weighted by Gasteiger charge is -2.07. The van der Waals surface area contributed by atoms with E-state index >= 15 is 0 Å². The van der Waals surface area contributed by atoms with E-state index < -0.39 is 0 Å². The van der Waals surface area contributed by atoms with Crippen molar-refractivity contribution in [2.45, 2.75) is 19.3 Å². The first-order valence-corrected chi connectivity index (χ1v) is 6.88. The smallest absolute Gasteiger partial charge is 0.148 e. The van der Waals surface area contributed by atoms with Gasteiger partial charge in [-0.3, -0.25) is 4.79 Å². The highest BCUT2D eigenvalue weighted by Gasteiger charge is 2.28. The number of rotatable bonds is 3. The molecule has 0 saturated carbocycles. The number of nitrogens with one attached hydrogen (secondary N) is 1. The van der Waals surface area contributed by atoms with Crippen LogP contribution in [0.1, 0.15) is 22.2 Å². The molecular weight excluding hydrogens is 244 g/mol. The highest BCUT2D eigenvalue weighted by atomic mass is 32.1. The van der Waals surface area contributed by atoms with Gasteiger partial charge in [0.05, 0.1) is 12.3 Å². The van der Waals surface area contributed by atoms with E-state index in [-0.39, 0.29) is 11.7 Å². The number of nitrogens with zero attached hydrogens (tertiary/aromatic N) is 1. The van der Waals surface area contributed by atoms with E-state index in [1.165, 1.54) is 0 Å². The molecular formula is C14H14N2OS. The molecule has 0 radical (unpaired) electrons. The van der Waals surface area contributed by atoms with Gasteiger partial charge in [-0.15, -0.1) is 11.3 Å². The lowest BCUT2D eigenvalue weighted by Crippen LogP contribution is -2.16. The minimum Gasteiger partial charge on any atom is -0.384 e. The largest absolute Gasteiger partial charge is 0.384 e. The Bertz CT molecular complexity index is 591. The van der Waals surface area contributed by atoms with Crippen LogP contribution < -0.4 is 5.32 Å². The number of carbonyl (C=O) groups excluding carboxylic acids is 1. The fourth-order valence-electron chi connectivity index (χ4n) is 2.33. The SMILES string of the molecule is Cc1csc(CC(=O)C2CNc3ccccc32)n1. The van der Waals surface area contributed by atoms with Crippen molar-refractivity contribution in [3.8, 4) is 0 Å². The summed E-state index contributed by atoms with van der Waals surface area (Å²) in [6.07, 6.45) is 0.444. The summed E-state index contributed by atoms with van der Waals surface area (Å²) in [7, 11) is 0. The lowest BCUT2D eigenvalue weighted by molar-refractivity contribution is -0.119. The molecule has 1 N–H and O–H groups in total. The Labute approximate surface area is 110 Å². The fraction of sp³-hybridized carbons (Fsp3) is 0.286. The summed E-state index contributed by atoms with van der Waals surface area (Å²) in [5.41, 5.74) is 3.20. The van der Waals surface area contributed by atoms with Crippen molar-refractivity contribution in [2.75, 3.05) is 11.9 Å². The Kier molecular flexibility index (Phi) is 2.88. The molecule has 3 nitrogen and oxygen atoms in total. The van der Waals surface area contributed by atoms with E-state index in [9.17, 15) is 4.79 Å². The molecule has 1 aliphatic heterocycles. The van der Waals surface area contributed by atoms with E-state index in [0.717, 1.165) is 22.0 Å². The second kappa shape index (κ2) is 4.53. The van der Waals surface area contributed by atoms with Crippen LogP contribution in [0.25, 0.3) is 0 Å². The van der Waals surface area contributed by atoms with Crippen LogP contribution in [-0.2, 0) is 11.2 Å². The summed E-state index contributed by atoms with van der Waals surface area (Å²) in [6.45, 7) is 2.67. The maximum absolute atomic E-state index is 12.3. The zero-order valence-electron chi connectivity index (χ0n) is 10.1. The summed E-state index contributed by atoms with van der Waals surface area (Å²) in [5, 5.41) is 6.19. The van der Waals surface area contributed by atoms with Crippen molar-refractivity contribution >= 4 is 22.8 Å². The van der Waals surface area contributed by atoms with E-state index in [1.807, 2.05) is 36.6 Å². The summed E-state index contributed by atoms with van der Waals surface area (Å²) < 4.78 is 0. The van der Waals surface area contributed by atoms with Gasteiger partial charge in [0.1, 0.15) is 10.8 Å². The van der Waals surface area contributed by atoms with E-state index in [4.69, 9.17) is 0 Å². The summed E-state index contributed by atoms with van der Waals surface area (Å²) in [4.78, 5) is 16.7. The van der Waals surface area contributed by atoms with Crippen LogP contribution >= 0.6 is 11.3 Å². The van der Waals surface area contributed by atoms with Gasteiger partial charge in [0.25, 0.3) is 0 Å². The Morgan fingerprint density at radius 1 is 1.50 bits per heavy atom. The Balaban J connectivity index is 1.78. The number of benzene rings is 1. The standard InChI is InChI=1S/C14H14N2OS/c1-9-8-18-14(16-9)6-13(17)11-7-15-12-5-3-2-4-10(11)12/h2-5,8,11,15H,6-7H2,1H3. The van der Waals surface area contributed by atoms with Crippen LogP contribution in [0.4, 0.5) is 5.69 Å². The van der Waals surface area contributed by atoms with Crippen molar-refractivity contribution in [3.63, 3.8) is 0 Å². The van der Waals surface area contributed by atoms with Gasteiger partial charge >= 0.3 is 0 Å². The molecule has 0 spiro atoms. The number of anilines is 1. The van der Waals surface area contributed by atoms with Gasteiger partial charge in [0.2, 0.25) is 0 Å². The number of Topliss-reactive ketones (excluding diaryl/α,β-unsaturated/α-hetero) is 1. The van der Waals surface area contributed by atoms with Crippen LogP contribution in [0.5, 0.6) is 0 Å². The maximum atomic E-state index is 12.3.